The lowest BCUT2D eigenvalue weighted by Crippen LogP contribution is -2.02. The van der Waals surface area contributed by atoms with Crippen molar-refractivity contribution in [2.75, 3.05) is 11.9 Å². The number of hydrogen-bond donors (Lipinski definition) is 1. The molecule has 58 valence electrons. The summed E-state index contributed by atoms with van der Waals surface area (Å²) in [6.07, 6.45) is 6.53. The van der Waals surface area contributed by atoms with Crippen LogP contribution in [0.25, 0.3) is 0 Å². The third-order valence-corrected chi connectivity index (χ3v) is 1.13. The zero-order valence-electron chi connectivity index (χ0n) is 6.28. The van der Waals surface area contributed by atoms with Gasteiger partial charge in [0.15, 0.2) is 0 Å². The molecule has 0 saturated heterocycles. The molecule has 0 amide bonds. The van der Waals surface area contributed by atoms with E-state index in [2.05, 4.69) is 21.2 Å². The Morgan fingerprint density at radius 3 is 3.17 bits per heavy atom. The highest BCUT2D eigenvalue weighted by Gasteiger charge is 1.94. The molecule has 4 nitrogen and oxygen atoms in total. The van der Waals surface area contributed by atoms with Crippen molar-refractivity contribution in [1.29, 1.82) is 5.26 Å². The fourth-order valence-corrected chi connectivity index (χ4v) is 0.653. The first kappa shape index (κ1) is 8.03. The van der Waals surface area contributed by atoms with Gasteiger partial charge in [-0.05, 0) is 6.07 Å². The van der Waals surface area contributed by atoms with Gasteiger partial charge in [0.25, 0.3) is 0 Å². The van der Waals surface area contributed by atoms with E-state index in [1.165, 1.54) is 6.20 Å². The molecule has 0 aliphatic carbocycles. The molecule has 1 N–H and O–H groups in total. The van der Waals surface area contributed by atoms with E-state index in [-0.39, 0.29) is 5.82 Å². The highest BCUT2D eigenvalue weighted by molar-refractivity contribution is 5.36. The van der Waals surface area contributed by atoms with Gasteiger partial charge in [0.2, 0.25) is 5.82 Å². The normalized spacial score (nSPS) is 8.17. The summed E-state index contributed by atoms with van der Waals surface area (Å²) in [5, 5.41) is 11.3. The summed E-state index contributed by atoms with van der Waals surface area (Å²) >= 11 is 0. The Labute approximate surface area is 70.3 Å². The second-order valence-corrected chi connectivity index (χ2v) is 1.93. The van der Waals surface area contributed by atoms with Crippen LogP contribution in [0.15, 0.2) is 12.3 Å². The number of nitrogens with one attached hydrogen (secondary N) is 1. The number of nitrogens with zero attached hydrogens (tertiary/aromatic N) is 3. The van der Waals surface area contributed by atoms with E-state index in [1.54, 1.807) is 6.07 Å². The molecule has 1 aromatic rings. The summed E-state index contributed by atoms with van der Waals surface area (Å²) in [5.74, 6) is 3.10. The van der Waals surface area contributed by atoms with Crippen LogP contribution < -0.4 is 5.32 Å². The lowest BCUT2D eigenvalue weighted by molar-refractivity contribution is 1.10. The molecule has 1 heterocycles. The fraction of sp³-hybridized carbons (Fsp3) is 0.125. The Hall–Kier alpha value is -2.07. The first-order valence-corrected chi connectivity index (χ1v) is 3.27. The number of rotatable bonds is 2. The predicted molar refractivity (Wildman–Crippen MR) is 44.1 cm³/mol. The van der Waals surface area contributed by atoms with E-state index in [1.807, 2.05) is 6.07 Å². The summed E-state index contributed by atoms with van der Waals surface area (Å²) in [7, 11) is 0. The van der Waals surface area contributed by atoms with Gasteiger partial charge >= 0.3 is 0 Å². The molecule has 0 aliphatic rings. The van der Waals surface area contributed by atoms with Gasteiger partial charge in [-0.25, -0.2) is 9.97 Å². The van der Waals surface area contributed by atoms with Crippen LogP contribution in [0.2, 0.25) is 0 Å². The lowest BCUT2D eigenvalue weighted by Gasteiger charge is -1.98. The van der Waals surface area contributed by atoms with Gasteiger partial charge < -0.3 is 5.32 Å². The van der Waals surface area contributed by atoms with Crippen LogP contribution in [0, 0.1) is 23.7 Å². The second-order valence-electron chi connectivity index (χ2n) is 1.93. The van der Waals surface area contributed by atoms with Crippen molar-refractivity contribution in [2.24, 2.45) is 0 Å². The third-order valence-electron chi connectivity index (χ3n) is 1.13. The molecule has 0 aromatic carbocycles. The van der Waals surface area contributed by atoms with Gasteiger partial charge in [-0.3, -0.25) is 0 Å². The van der Waals surface area contributed by atoms with Crippen molar-refractivity contribution in [2.45, 2.75) is 0 Å². The zero-order chi connectivity index (χ0) is 8.81. The standard InChI is InChI=1S/C8H6N4/c1-2-4-10-7-3-5-11-8(6-9)12-7/h1,3,5H,4H2,(H,10,11,12). The Morgan fingerprint density at radius 2 is 2.50 bits per heavy atom. The van der Waals surface area contributed by atoms with Crippen molar-refractivity contribution in [3.8, 4) is 18.4 Å². The van der Waals surface area contributed by atoms with E-state index in [9.17, 15) is 0 Å². The van der Waals surface area contributed by atoms with Crippen molar-refractivity contribution in [3.05, 3.63) is 18.1 Å². The van der Waals surface area contributed by atoms with E-state index in [0.29, 0.717) is 12.4 Å². The number of aromatic nitrogens is 2. The van der Waals surface area contributed by atoms with E-state index >= 15 is 0 Å². The first-order valence-electron chi connectivity index (χ1n) is 3.27. The molecule has 0 radical (unpaired) electrons. The maximum Gasteiger partial charge on any atom is 0.234 e. The minimum atomic E-state index is 0.136. The quantitative estimate of drug-likeness (QED) is 0.632. The van der Waals surface area contributed by atoms with Crippen LogP contribution in [0.1, 0.15) is 5.82 Å². The Kier molecular flexibility index (Phi) is 2.64. The predicted octanol–water partition coefficient (Wildman–Crippen LogP) is 0.393. The molecule has 0 unspecified atom stereocenters. The van der Waals surface area contributed by atoms with Crippen LogP contribution in [-0.2, 0) is 0 Å². The maximum absolute atomic E-state index is 8.44. The van der Waals surface area contributed by atoms with Gasteiger partial charge in [0, 0.05) is 6.20 Å². The molecule has 4 heteroatoms. The van der Waals surface area contributed by atoms with Crippen molar-refractivity contribution in [1.82, 2.24) is 9.97 Å². The highest BCUT2D eigenvalue weighted by atomic mass is 15.0. The lowest BCUT2D eigenvalue weighted by atomic mass is 10.5. The minimum Gasteiger partial charge on any atom is -0.359 e. The van der Waals surface area contributed by atoms with Crippen LogP contribution in [-0.4, -0.2) is 16.5 Å². The smallest absolute Gasteiger partial charge is 0.234 e. The third kappa shape index (κ3) is 1.96. The van der Waals surface area contributed by atoms with E-state index in [4.69, 9.17) is 11.7 Å². The van der Waals surface area contributed by atoms with Gasteiger partial charge in [-0.1, -0.05) is 5.92 Å². The number of anilines is 1. The van der Waals surface area contributed by atoms with E-state index < -0.39 is 0 Å². The van der Waals surface area contributed by atoms with Crippen molar-refractivity contribution >= 4 is 5.82 Å². The van der Waals surface area contributed by atoms with Gasteiger partial charge in [-0.15, -0.1) is 6.42 Å². The number of nitriles is 1. The largest absolute Gasteiger partial charge is 0.359 e. The molecule has 0 atom stereocenters. The molecule has 0 spiro atoms. The number of hydrogen-bond acceptors (Lipinski definition) is 4. The van der Waals surface area contributed by atoms with Gasteiger partial charge in [0.05, 0.1) is 6.54 Å². The Bertz CT molecular complexity index is 345. The molecule has 0 fully saturated rings. The average molecular weight is 158 g/mol. The molecular formula is C8H6N4. The molecule has 0 aliphatic heterocycles. The SMILES string of the molecule is C#CCNc1ccnc(C#N)n1. The summed E-state index contributed by atoms with van der Waals surface area (Å²) in [6, 6.07) is 3.48. The number of terminal acetylenes is 1. The summed E-state index contributed by atoms with van der Waals surface area (Å²) in [4.78, 5) is 7.55. The van der Waals surface area contributed by atoms with Crippen LogP contribution >= 0.6 is 0 Å². The monoisotopic (exact) mass is 158 g/mol. The highest BCUT2D eigenvalue weighted by Crippen LogP contribution is 1.99. The Morgan fingerprint density at radius 1 is 1.67 bits per heavy atom. The van der Waals surface area contributed by atoms with E-state index in [0.717, 1.165) is 0 Å². The Balaban J connectivity index is 2.76. The fourth-order valence-electron chi connectivity index (χ4n) is 0.653. The van der Waals surface area contributed by atoms with Gasteiger partial charge in [0.1, 0.15) is 11.9 Å². The van der Waals surface area contributed by atoms with Gasteiger partial charge in [-0.2, -0.15) is 5.26 Å². The van der Waals surface area contributed by atoms with Crippen molar-refractivity contribution in [3.63, 3.8) is 0 Å². The summed E-state index contributed by atoms with van der Waals surface area (Å²) in [5.41, 5.74) is 0. The molecule has 0 saturated carbocycles. The van der Waals surface area contributed by atoms with Crippen LogP contribution in [0.3, 0.4) is 0 Å². The first-order chi connectivity index (χ1) is 5.86. The topological polar surface area (TPSA) is 61.6 Å². The zero-order valence-corrected chi connectivity index (χ0v) is 6.28. The average Bonchev–Trinajstić information content (AvgIpc) is 2.15. The van der Waals surface area contributed by atoms with Crippen molar-refractivity contribution < 1.29 is 0 Å². The molecular weight excluding hydrogens is 152 g/mol. The molecule has 1 aromatic heterocycles. The summed E-state index contributed by atoms with van der Waals surface area (Å²) < 4.78 is 0. The molecule has 1 rings (SSSR count). The second kappa shape index (κ2) is 3.95. The maximum atomic E-state index is 8.44. The van der Waals surface area contributed by atoms with Crippen LogP contribution in [0.4, 0.5) is 5.82 Å². The minimum absolute atomic E-state index is 0.136. The molecule has 12 heavy (non-hydrogen) atoms. The van der Waals surface area contributed by atoms with Crippen LogP contribution in [0.5, 0.6) is 0 Å². The summed E-state index contributed by atoms with van der Waals surface area (Å²) in [6.45, 7) is 0.391. The molecule has 0 bridgehead atoms.